The summed E-state index contributed by atoms with van der Waals surface area (Å²) in [5.74, 6) is 0.617. The van der Waals surface area contributed by atoms with Gasteiger partial charge in [-0.15, -0.1) is 0 Å². The van der Waals surface area contributed by atoms with Gasteiger partial charge in [-0.2, -0.15) is 0 Å². The number of imidazole rings is 1. The van der Waals surface area contributed by atoms with E-state index in [1.807, 2.05) is 0 Å². The molecule has 0 aliphatic rings. The number of para-hydroxylation sites is 3. The van der Waals surface area contributed by atoms with E-state index in [9.17, 15) is 0 Å². The van der Waals surface area contributed by atoms with Gasteiger partial charge in [0.2, 0.25) is 5.95 Å². The van der Waals surface area contributed by atoms with Crippen molar-refractivity contribution in [3.05, 3.63) is 200 Å². The molecule has 0 atom stereocenters. The van der Waals surface area contributed by atoms with Crippen molar-refractivity contribution in [2.45, 2.75) is 0 Å². The Morgan fingerprint density at radius 1 is 0.293 bits per heavy atom. The lowest BCUT2D eigenvalue weighted by Gasteiger charge is -2.14. The molecule has 0 unspecified atom stereocenters. The van der Waals surface area contributed by atoms with Crippen LogP contribution in [0.2, 0.25) is 0 Å². The van der Waals surface area contributed by atoms with Crippen molar-refractivity contribution >= 4 is 60.2 Å². The third-order valence-corrected chi connectivity index (χ3v) is 11.5. The van der Waals surface area contributed by atoms with Gasteiger partial charge in [0, 0.05) is 32.7 Å². The van der Waals surface area contributed by atoms with Crippen LogP contribution in [-0.4, -0.2) is 23.9 Å². The molecule has 58 heavy (non-hydrogen) atoms. The zero-order valence-corrected chi connectivity index (χ0v) is 31.3. The van der Waals surface area contributed by atoms with Gasteiger partial charge in [-0.05, 0) is 76.2 Å². The fourth-order valence-corrected chi connectivity index (χ4v) is 8.79. The maximum Gasteiger partial charge on any atom is 0.235 e. The highest BCUT2D eigenvalue weighted by Gasteiger charge is 2.21. The molecule has 0 aliphatic carbocycles. The number of rotatable bonds is 5. The summed E-state index contributed by atoms with van der Waals surface area (Å²) in [5, 5.41) is 5.68. The zero-order valence-electron chi connectivity index (χ0n) is 31.3. The Bertz CT molecular complexity index is 3460. The monoisotopic (exact) mass is 739 g/mol. The highest BCUT2D eigenvalue weighted by molar-refractivity contribution is 6.20. The Morgan fingerprint density at radius 2 is 0.793 bits per heavy atom. The van der Waals surface area contributed by atoms with Gasteiger partial charge in [-0.3, -0.25) is 8.97 Å². The van der Waals surface area contributed by atoms with Gasteiger partial charge in [0.25, 0.3) is 0 Å². The van der Waals surface area contributed by atoms with Gasteiger partial charge >= 0.3 is 0 Å². The van der Waals surface area contributed by atoms with Crippen molar-refractivity contribution in [2.75, 3.05) is 0 Å². The summed E-state index contributed by atoms with van der Waals surface area (Å²) in [4.78, 5) is 16.1. The molecule has 0 amide bonds. The van der Waals surface area contributed by atoms with Gasteiger partial charge in [0.05, 0.1) is 39.0 Å². The third-order valence-electron chi connectivity index (χ3n) is 11.5. The molecule has 0 aliphatic heterocycles. The van der Waals surface area contributed by atoms with Crippen molar-refractivity contribution in [2.24, 2.45) is 0 Å². The molecule has 4 heterocycles. The molecule has 0 saturated carbocycles. The first-order chi connectivity index (χ1) is 28.7. The fourth-order valence-electron chi connectivity index (χ4n) is 8.79. The molecule has 5 nitrogen and oxygen atoms in total. The number of hydrogen-bond acceptors (Lipinski definition) is 3. The molecule has 12 aromatic rings. The zero-order chi connectivity index (χ0) is 38.2. The summed E-state index contributed by atoms with van der Waals surface area (Å²) in [6.07, 6.45) is 0. The number of benzene rings is 8. The predicted molar refractivity (Wildman–Crippen MR) is 239 cm³/mol. The van der Waals surface area contributed by atoms with Crippen molar-refractivity contribution in [3.63, 3.8) is 0 Å². The maximum absolute atomic E-state index is 5.45. The lowest BCUT2D eigenvalue weighted by atomic mass is 9.99. The molecular weight excluding hydrogens is 707 g/mol. The second-order valence-electron chi connectivity index (χ2n) is 14.9. The van der Waals surface area contributed by atoms with Crippen molar-refractivity contribution in [1.82, 2.24) is 23.9 Å². The Balaban J connectivity index is 1.16. The van der Waals surface area contributed by atoms with E-state index in [1.165, 1.54) is 0 Å². The van der Waals surface area contributed by atoms with Crippen molar-refractivity contribution in [3.8, 4) is 50.7 Å². The summed E-state index contributed by atoms with van der Waals surface area (Å²) in [6, 6.07) is 70.8. The van der Waals surface area contributed by atoms with Crippen LogP contribution in [0, 0.1) is 0 Å². The van der Waals surface area contributed by atoms with Crippen LogP contribution >= 0.6 is 0 Å². The summed E-state index contributed by atoms with van der Waals surface area (Å²) in [5.41, 5.74) is 14.6. The minimum atomic E-state index is 0.617. The lowest BCUT2D eigenvalue weighted by molar-refractivity contribution is 0.996. The summed E-state index contributed by atoms with van der Waals surface area (Å²) >= 11 is 0. The number of fused-ring (bicyclic) bond motifs is 11. The highest BCUT2D eigenvalue weighted by atomic mass is 15.2. The van der Waals surface area contributed by atoms with E-state index < -0.39 is 0 Å². The quantitative estimate of drug-likeness (QED) is 0.165. The van der Waals surface area contributed by atoms with Crippen LogP contribution in [-0.2, 0) is 0 Å². The first kappa shape index (κ1) is 32.4. The molecule has 0 saturated heterocycles. The standard InChI is InChI=1S/C53H33N5/c1-3-15-34(16-4-1)36-19-13-21-38(29-36)46-33-47(39-22-14-20-37(30-39)35-17-5-2-6-18-35)56-53(55-46)58-48-27-11-9-24-41(48)44-32-50-43(31-51(44)58)40-23-7-8-25-42(40)52-54-45-26-10-12-28-49(45)57(50)52/h1-33H. The molecule has 0 spiro atoms. The number of nitrogens with zero attached hydrogens (tertiary/aromatic N) is 5. The number of hydrogen-bond donors (Lipinski definition) is 0. The van der Waals surface area contributed by atoms with Gasteiger partial charge in [-0.1, -0.05) is 152 Å². The van der Waals surface area contributed by atoms with Crippen LogP contribution in [0.4, 0.5) is 0 Å². The van der Waals surface area contributed by atoms with E-state index >= 15 is 0 Å². The predicted octanol–water partition coefficient (Wildman–Crippen LogP) is 13.3. The van der Waals surface area contributed by atoms with Crippen LogP contribution in [0.1, 0.15) is 0 Å². The average molecular weight is 740 g/mol. The lowest BCUT2D eigenvalue weighted by Crippen LogP contribution is -2.04. The maximum atomic E-state index is 5.45. The molecule has 0 fully saturated rings. The second kappa shape index (κ2) is 12.8. The van der Waals surface area contributed by atoms with Gasteiger partial charge < -0.3 is 0 Å². The highest BCUT2D eigenvalue weighted by Crippen LogP contribution is 2.40. The van der Waals surface area contributed by atoms with E-state index in [1.54, 1.807) is 0 Å². The van der Waals surface area contributed by atoms with Gasteiger partial charge in [0.1, 0.15) is 5.65 Å². The van der Waals surface area contributed by atoms with E-state index in [0.717, 1.165) is 105 Å². The Morgan fingerprint density at radius 3 is 1.47 bits per heavy atom. The normalized spacial score (nSPS) is 11.8. The molecule has 4 aromatic heterocycles. The molecule has 0 N–H and O–H groups in total. The van der Waals surface area contributed by atoms with Crippen LogP contribution in [0.5, 0.6) is 0 Å². The molecular formula is C53H33N5. The van der Waals surface area contributed by atoms with E-state index in [-0.39, 0.29) is 0 Å². The van der Waals surface area contributed by atoms with Gasteiger partial charge in [0.15, 0.2) is 0 Å². The summed E-state index contributed by atoms with van der Waals surface area (Å²) in [6.45, 7) is 0. The molecule has 0 bridgehead atoms. The summed E-state index contributed by atoms with van der Waals surface area (Å²) in [7, 11) is 0. The van der Waals surface area contributed by atoms with Crippen molar-refractivity contribution in [1.29, 1.82) is 0 Å². The molecule has 12 rings (SSSR count). The number of pyridine rings is 1. The van der Waals surface area contributed by atoms with E-state index in [4.69, 9.17) is 15.0 Å². The van der Waals surface area contributed by atoms with Crippen LogP contribution < -0.4 is 0 Å². The third kappa shape index (κ3) is 5.07. The van der Waals surface area contributed by atoms with Crippen molar-refractivity contribution < 1.29 is 0 Å². The largest absolute Gasteiger partial charge is 0.292 e. The number of aromatic nitrogens is 5. The molecule has 8 aromatic carbocycles. The van der Waals surface area contributed by atoms with Gasteiger partial charge in [-0.25, -0.2) is 15.0 Å². The first-order valence-corrected chi connectivity index (χ1v) is 19.6. The molecule has 5 heteroatoms. The Kier molecular flexibility index (Phi) is 7.16. The molecule has 270 valence electrons. The van der Waals surface area contributed by atoms with E-state index in [2.05, 4.69) is 209 Å². The van der Waals surface area contributed by atoms with E-state index in [0.29, 0.717) is 5.95 Å². The average Bonchev–Trinajstić information content (AvgIpc) is 3.85. The first-order valence-electron chi connectivity index (χ1n) is 19.6. The topological polar surface area (TPSA) is 48.0 Å². The summed E-state index contributed by atoms with van der Waals surface area (Å²) < 4.78 is 4.58. The van der Waals surface area contributed by atoms with Crippen LogP contribution in [0.15, 0.2) is 200 Å². The minimum absolute atomic E-state index is 0.617. The smallest absolute Gasteiger partial charge is 0.235 e. The molecule has 0 radical (unpaired) electrons. The fraction of sp³-hybridized carbons (Fsp3) is 0. The Hall–Kier alpha value is -7.89. The van der Waals surface area contributed by atoms with Crippen LogP contribution in [0.25, 0.3) is 111 Å². The Labute approximate surface area is 333 Å². The second-order valence-corrected chi connectivity index (χ2v) is 14.9. The van der Waals surface area contributed by atoms with Crippen LogP contribution in [0.3, 0.4) is 0 Å². The SMILES string of the molecule is c1ccc(-c2cccc(-c3cc(-c4cccc(-c5ccccc5)c4)nc(-n4c5ccccc5c5cc6c(cc54)c4ccccc4c4nc5ccccc5n64)n3)c2)cc1. The minimum Gasteiger partial charge on any atom is -0.292 e.